The minimum atomic E-state index is -4.60. The highest BCUT2D eigenvalue weighted by molar-refractivity contribution is 7.88. The maximum atomic E-state index is 13.9. The van der Waals surface area contributed by atoms with Crippen molar-refractivity contribution >= 4 is 79.7 Å². The molecular formula is C59H43N6O12S3+3. The molecule has 0 aromatic heterocycles. The largest absolute Gasteiger partial charge is 0.501 e. The normalized spacial score (nSPS) is 12.1. The molecular weight excluding hydrogens is 1080 g/mol. The van der Waals surface area contributed by atoms with E-state index in [1.54, 1.807) is 72.8 Å². The zero-order valence-electron chi connectivity index (χ0n) is 42.3. The van der Waals surface area contributed by atoms with Gasteiger partial charge in [0.2, 0.25) is 33.4 Å². The molecule has 10 aromatic carbocycles. The van der Waals surface area contributed by atoms with Gasteiger partial charge in [-0.15, -0.1) is 0 Å². The maximum Gasteiger partial charge on any atom is 0.428 e. The topological polar surface area (TPSA) is 275 Å². The number of diazo groups is 3. The van der Waals surface area contributed by atoms with Crippen molar-refractivity contribution in [3.63, 3.8) is 0 Å². The average molecular weight is 1120 g/mol. The van der Waals surface area contributed by atoms with Crippen LogP contribution in [-0.2, 0) is 41.2 Å². The summed E-state index contributed by atoms with van der Waals surface area (Å²) in [5.74, 6) is -1.38. The molecule has 0 radical (unpaired) electrons. The molecule has 80 heavy (non-hydrogen) atoms. The maximum absolute atomic E-state index is 13.9. The van der Waals surface area contributed by atoms with E-state index in [1.165, 1.54) is 72.8 Å². The van der Waals surface area contributed by atoms with E-state index in [0.717, 1.165) is 34.9 Å². The van der Waals surface area contributed by atoms with Gasteiger partial charge < -0.3 is 27.9 Å². The van der Waals surface area contributed by atoms with Crippen molar-refractivity contribution in [3.05, 3.63) is 231 Å². The van der Waals surface area contributed by atoms with E-state index in [4.69, 9.17) is 12.5 Å². The van der Waals surface area contributed by atoms with Gasteiger partial charge in [0.1, 0.15) is 31.9 Å². The monoisotopic (exact) mass is 1120 g/mol. The highest BCUT2D eigenvalue weighted by Gasteiger charge is 2.35. The van der Waals surface area contributed by atoms with E-state index in [1.807, 2.05) is 45.0 Å². The van der Waals surface area contributed by atoms with Crippen LogP contribution < -0.4 is 12.5 Å². The number of phenolic OH excluding ortho intramolecular Hbond substituents is 3. The van der Waals surface area contributed by atoms with Gasteiger partial charge >= 0.3 is 47.4 Å². The molecule has 0 saturated heterocycles. The molecule has 10 rings (SSSR count). The van der Waals surface area contributed by atoms with Gasteiger partial charge in [-0.1, -0.05) is 147 Å². The number of hydrogen-bond acceptors (Lipinski definition) is 15. The van der Waals surface area contributed by atoms with Crippen LogP contribution in [0, 0.1) is 16.2 Å². The molecule has 0 spiro atoms. The minimum Gasteiger partial charge on any atom is -0.501 e. The Labute approximate surface area is 458 Å². The first-order valence-electron chi connectivity index (χ1n) is 24.2. The number of phenols is 3. The Bertz CT molecular complexity index is 4480. The molecule has 0 aliphatic carbocycles. The smallest absolute Gasteiger partial charge is 0.428 e. The predicted octanol–water partition coefficient (Wildman–Crippen LogP) is 13.7. The molecule has 0 fully saturated rings. The number of aromatic hydroxyl groups is 3. The van der Waals surface area contributed by atoms with Crippen LogP contribution in [0.4, 0.5) is 17.1 Å². The fourth-order valence-corrected chi connectivity index (χ4v) is 13.3. The lowest BCUT2D eigenvalue weighted by molar-refractivity contribution is 0.480. The molecule has 396 valence electrons. The second-order valence-corrected chi connectivity index (χ2v) is 23.7. The van der Waals surface area contributed by atoms with Gasteiger partial charge in [-0.25, -0.2) is 0 Å². The third-order valence-corrected chi connectivity index (χ3v) is 18.1. The molecule has 21 heteroatoms. The lowest BCUT2D eigenvalue weighted by Gasteiger charge is -2.33. The van der Waals surface area contributed by atoms with Gasteiger partial charge in [-0.05, 0) is 71.1 Å². The first-order chi connectivity index (χ1) is 38.1. The van der Waals surface area contributed by atoms with Crippen molar-refractivity contribution in [1.82, 2.24) is 0 Å². The minimum absolute atomic E-state index is 0.000361. The second-order valence-electron chi connectivity index (χ2n) is 19.2. The Morgan fingerprint density at radius 3 is 0.838 bits per heavy atom. The number of rotatable bonds is 14. The van der Waals surface area contributed by atoms with Crippen LogP contribution in [0.5, 0.6) is 34.5 Å². The zero-order chi connectivity index (χ0) is 56.9. The summed E-state index contributed by atoms with van der Waals surface area (Å²) >= 11 is 0. The van der Waals surface area contributed by atoms with Crippen LogP contribution in [0.1, 0.15) is 48.6 Å². The predicted molar refractivity (Wildman–Crippen MR) is 298 cm³/mol. The Morgan fingerprint density at radius 1 is 0.350 bits per heavy atom. The van der Waals surface area contributed by atoms with Gasteiger partial charge in [0.05, 0.1) is 18.2 Å². The van der Waals surface area contributed by atoms with Crippen molar-refractivity contribution in [3.8, 4) is 34.5 Å². The van der Waals surface area contributed by atoms with Gasteiger partial charge in [-0.3, -0.25) is 0 Å². The molecule has 0 bridgehead atoms. The fourth-order valence-electron chi connectivity index (χ4n) is 9.80. The SMILES string of the molecule is CC(C)(c1ccc(OS(=O)(=O)c2cc([N+]#N)c(O)c3ccccc23)cc1)c1ccc(C(C)(c2ccc(OS(=O)(=O)c3cc([N+]#N)c(O)c4ccccc34)cc2)c2ccc(OS(=O)(=O)c3cc([N+]#N)c(O)c4ccccc34)cc2)cc1. The molecule has 0 saturated carbocycles. The van der Waals surface area contributed by atoms with Crippen molar-refractivity contribution in [1.29, 1.82) is 16.2 Å². The Kier molecular flexibility index (Phi) is 13.3. The van der Waals surface area contributed by atoms with Crippen molar-refractivity contribution in [2.24, 2.45) is 0 Å². The van der Waals surface area contributed by atoms with E-state index in [0.29, 0.717) is 11.1 Å². The third-order valence-electron chi connectivity index (χ3n) is 14.2. The quantitative estimate of drug-likeness (QED) is 0.0519. The average Bonchev–Trinajstić information content (AvgIpc) is 3.48. The first-order valence-corrected chi connectivity index (χ1v) is 28.4. The summed E-state index contributed by atoms with van der Waals surface area (Å²) in [5, 5.41) is 61.3. The first kappa shape index (κ1) is 53.3. The summed E-state index contributed by atoms with van der Waals surface area (Å²) in [6, 6.07) is 48.2. The molecule has 18 nitrogen and oxygen atoms in total. The van der Waals surface area contributed by atoms with Gasteiger partial charge in [0, 0.05) is 43.1 Å². The molecule has 0 unspecified atom stereocenters. The summed E-state index contributed by atoms with van der Waals surface area (Å²) in [6.45, 7) is 5.89. The zero-order valence-corrected chi connectivity index (χ0v) is 44.8. The highest BCUT2D eigenvalue weighted by atomic mass is 32.2. The Balaban J connectivity index is 0.975. The number of hydrogen-bond donors (Lipinski definition) is 3. The van der Waals surface area contributed by atoms with E-state index < -0.39 is 58.4 Å². The van der Waals surface area contributed by atoms with Gasteiger partial charge in [0.25, 0.3) is 0 Å². The van der Waals surface area contributed by atoms with Crippen LogP contribution in [0.2, 0.25) is 0 Å². The van der Waals surface area contributed by atoms with Crippen molar-refractivity contribution in [2.75, 3.05) is 0 Å². The van der Waals surface area contributed by atoms with Crippen LogP contribution >= 0.6 is 0 Å². The molecule has 0 aliphatic heterocycles. The Hall–Kier alpha value is -10.1. The number of fused-ring (bicyclic) bond motifs is 3. The van der Waals surface area contributed by atoms with E-state index >= 15 is 0 Å². The van der Waals surface area contributed by atoms with Crippen LogP contribution in [0.3, 0.4) is 0 Å². The summed E-state index contributed by atoms with van der Waals surface area (Å²) in [7, 11) is -13.7. The van der Waals surface area contributed by atoms with Crippen LogP contribution in [-0.4, -0.2) is 40.6 Å². The van der Waals surface area contributed by atoms with Gasteiger partial charge in [-0.2, -0.15) is 25.3 Å². The second kappa shape index (κ2) is 20.0. The van der Waals surface area contributed by atoms with Crippen molar-refractivity contribution in [2.45, 2.75) is 46.3 Å². The highest BCUT2D eigenvalue weighted by Crippen LogP contribution is 2.45. The third kappa shape index (κ3) is 9.39. The molecule has 0 heterocycles. The van der Waals surface area contributed by atoms with E-state index in [2.05, 4.69) is 14.9 Å². The Morgan fingerprint density at radius 2 is 0.575 bits per heavy atom. The lowest BCUT2D eigenvalue weighted by atomic mass is 9.70. The lowest BCUT2D eigenvalue weighted by Crippen LogP contribution is -2.26. The molecule has 10 aromatic rings. The molecule has 0 atom stereocenters. The summed E-state index contributed by atoms with van der Waals surface area (Å²) in [5.41, 5.74) is 0.783. The van der Waals surface area contributed by atoms with Crippen LogP contribution in [0.25, 0.3) is 47.2 Å². The van der Waals surface area contributed by atoms with E-state index in [-0.39, 0.29) is 81.3 Å². The van der Waals surface area contributed by atoms with E-state index in [9.17, 15) is 56.8 Å². The molecule has 0 amide bonds. The number of benzene rings is 10. The standard InChI is InChI=1S/C59H40N6O12S3/c1-58(2,36-20-26-40(27-21-36)75-78(69,70)52-32-49(63-60)55(66)46-13-7-4-10-43(46)52)35-16-18-37(19-17-35)59(3,38-22-28-41(29-23-38)76-79(71,72)53-33-50(64-61)56(67)47-14-8-5-11-44(47)53)39-24-30-42(31-25-39)77-80(73,74)54-34-51(65-62)57(68)48-15-9-6-12-45(48)54/h4-34H,1-3H3/p+3. The number of nitrogens with zero attached hydrogens (tertiary/aromatic N) is 6. The van der Waals surface area contributed by atoms with Crippen LogP contribution in [0.15, 0.2) is 203 Å². The summed E-state index contributed by atoms with van der Waals surface area (Å²) in [4.78, 5) is 8.15. The summed E-state index contributed by atoms with van der Waals surface area (Å²) < 4.78 is 99.8. The summed E-state index contributed by atoms with van der Waals surface area (Å²) in [6.07, 6.45) is 0. The van der Waals surface area contributed by atoms with Gasteiger partial charge in [0.15, 0.2) is 14.9 Å². The fraction of sp³-hybridized carbons (Fsp3) is 0.0847. The molecule has 3 N–H and O–H groups in total. The van der Waals surface area contributed by atoms with Crippen molar-refractivity contribution < 1.29 is 53.1 Å². The molecule has 0 aliphatic rings.